The Bertz CT molecular complexity index is 329. The van der Waals surface area contributed by atoms with Crippen LogP contribution in [0.3, 0.4) is 0 Å². The first-order chi connectivity index (χ1) is 6.26. The van der Waals surface area contributed by atoms with Gasteiger partial charge >= 0.3 is 0 Å². The summed E-state index contributed by atoms with van der Waals surface area (Å²) >= 11 is 1.83. The van der Waals surface area contributed by atoms with E-state index in [0.717, 1.165) is 6.42 Å². The van der Waals surface area contributed by atoms with Crippen LogP contribution in [0.2, 0.25) is 0 Å². The van der Waals surface area contributed by atoms with Crippen LogP contribution in [0, 0.1) is 6.92 Å². The summed E-state index contributed by atoms with van der Waals surface area (Å²) in [5.41, 5.74) is 1.22. The molecule has 1 aromatic heterocycles. The standard InChI is InChI=1S/C12H14S/c1-4-6-11(5-2)9-12-8-7-10(3)13-12/h4-8H,1-2,9H2,3H3/b11-6+. The lowest BCUT2D eigenvalue weighted by molar-refractivity contribution is 1.25. The van der Waals surface area contributed by atoms with Crippen LogP contribution in [0.15, 0.2) is 49.1 Å². The van der Waals surface area contributed by atoms with Gasteiger partial charge in [0.2, 0.25) is 0 Å². The average molecular weight is 190 g/mol. The molecule has 68 valence electrons. The number of hydrogen-bond acceptors (Lipinski definition) is 1. The van der Waals surface area contributed by atoms with Crippen LogP contribution < -0.4 is 0 Å². The predicted molar refractivity (Wildman–Crippen MR) is 61.2 cm³/mol. The Morgan fingerprint density at radius 3 is 2.69 bits per heavy atom. The maximum absolute atomic E-state index is 3.77. The Morgan fingerprint density at radius 2 is 2.23 bits per heavy atom. The lowest BCUT2D eigenvalue weighted by atomic mass is 10.1. The van der Waals surface area contributed by atoms with Gasteiger partial charge in [-0.2, -0.15) is 0 Å². The first kappa shape index (κ1) is 10.0. The Hall–Kier alpha value is -1.08. The smallest absolute Gasteiger partial charge is 0.00918 e. The Morgan fingerprint density at radius 1 is 1.46 bits per heavy atom. The minimum Gasteiger partial charge on any atom is -0.145 e. The van der Waals surface area contributed by atoms with Gasteiger partial charge in [0.15, 0.2) is 0 Å². The summed E-state index contributed by atoms with van der Waals surface area (Å²) in [5.74, 6) is 0. The molecule has 0 saturated carbocycles. The number of thiophene rings is 1. The van der Waals surface area contributed by atoms with Gasteiger partial charge in [-0.25, -0.2) is 0 Å². The molecule has 0 bridgehead atoms. The second-order valence-electron chi connectivity index (χ2n) is 2.87. The molecule has 0 radical (unpaired) electrons. The third-order valence-electron chi connectivity index (χ3n) is 1.77. The van der Waals surface area contributed by atoms with Gasteiger partial charge in [0.1, 0.15) is 0 Å². The highest BCUT2D eigenvalue weighted by Crippen LogP contribution is 2.18. The summed E-state index contributed by atoms with van der Waals surface area (Å²) in [4.78, 5) is 2.74. The Balaban J connectivity index is 2.72. The molecule has 13 heavy (non-hydrogen) atoms. The molecule has 1 heterocycles. The molecule has 0 N–H and O–H groups in total. The van der Waals surface area contributed by atoms with Gasteiger partial charge in [0.05, 0.1) is 0 Å². The molecule has 0 unspecified atom stereocenters. The highest BCUT2D eigenvalue weighted by atomic mass is 32.1. The molecule has 1 heteroatoms. The van der Waals surface area contributed by atoms with Gasteiger partial charge in [-0.1, -0.05) is 31.4 Å². The molecule has 0 saturated heterocycles. The fraction of sp³-hybridized carbons (Fsp3) is 0.167. The van der Waals surface area contributed by atoms with Gasteiger partial charge in [0.25, 0.3) is 0 Å². The second kappa shape index (κ2) is 4.83. The molecule has 1 rings (SSSR count). The highest BCUT2D eigenvalue weighted by Gasteiger charge is 1.97. The van der Waals surface area contributed by atoms with E-state index in [1.54, 1.807) is 6.08 Å². The van der Waals surface area contributed by atoms with Crippen LogP contribution in [0.25, 0.3) is 0 Å². The first-order valence-electron chi connectivity index (χ1n) is 4.25. The Kier molecular flexibility index (Phi) is 3.71. The van der Waals surface area contributed by atoms with Gasteiger partial charge in [-0.15, -0.1) is 11.3 Å². The van der Waals surface area contributed by atoms with Crippen molar-refractivity contribution in [3.8, 4) is 0 Å². The molecule has 0 amide bonds. The van der Waals surface area contributed by atoms with Crippen LogP contribution in [-0.2, 0) is 6.42 Å². The van der Waals surface area contributed by atoms with Crippen molar-refractivity contribution in [3.05, 3.63) is 58.8 Å². The summed E-state index contributed by atoms with van der Waals surface area (Å²) < 4.78 is 0. The third-order valence-corrected chi connectivity index (χ3v) is 2.77. The summed E-state index contributed by atoms with van der Waals surface area (Å²) in [7, 11) is 0. The van der Waals surface area contributed by atoms with Crippen molar-refractivity contribution in [3.63, 3.8) is 0 Å². The monoisotopic (exact) mass is 190 g/mol. The predicted octanol–water partition coefficient (Wildman–Crippen LogP) is 3.90. The second-order valence-corrected chi connectivity index (χ2v) is 4.24. The van der Waals surface area contributed by atoms with Crippen molar-refractivity contribution >= 4 is 11.3 Å². The van der Waals surface area contributed by atoms with Crippen LogP contribution in [-0.4, -0.2) is 0 Å². The SMILES string of the molecule is C=C/C=C(\C=C)Cc1ccc(C)s1. The van der Waals surface area contributed by atoms with Crippen LogP contribution >= 0.6 is 11.3 Å². The van der Waals surface area contributed by atoms with Gasteiger partial charge < -0.3 is 0 Å². The molecule has 0 aliphatic heterocycles. The summed E-state index contributed by atoms with van der Waals surface area (Å²) in [6.07, 6.45) is 6.66. The minimum absolute atomic E-state index is 0.966. The van der Waals surface area contributed by atoms with Crippen molar-refractivity contribution in [1.82, 2.24) is 0 Å². The van der Waals surface area contributed by atoms with E-state index < -0.39 is 0 Å². The molecular formula is C12H14S. The topological polar surface area (TPSA) is 0 Å². The maximum atomic E-state index is 3.77. The zero-order valence-electron chi connectivity index (χ0n) is 7.92. The van der Waals surface area contributed by atoms with E-state index in [1.807, 2.05) is 23.5 Å². The van der Waals surface area contributed by atoms with E-state index in [2.05, 4.69) is 32.2 Å². The highest BCUT2D eigenvalue weighted by molar-refractivity contribution is 7.11. The van der Waals surface area contributed by atoms with Gasteiger partial charge in [0, 0.05) is 16.2 Å². The number of rotatable bonds is 4. The van der Waals surface area contributed by atoms with E-state index in [-0.39, 0.29) is 0 Å². The molecule has 0 nitrogen and oxygen atoms in total. The lowest BCUT2D eigenvalue weighted by Gasteiger charge is -1.96. The van der Waals surface area contributed by atoms with Gasteiger partial charge in [-0.05, 0) is 24.6 Å². The van der Waals surface area contributed by atoms with Crippen molar-refractivity contribution in [1.29, 1.82) is 0 Å². The van der Waals surface area contributed by atoms with E-state index >= 15 is 0 Å². The maximum Gasteiger partial charge on any atom is 0.00918 e. The summed E-state index contributed by atoms with van der Waals surface area (Å²) in [6, 6.07) is 4.31. The first-order valence-corrected chi connectivity index (χ1v) is 5.07. The van der Waals surface area contributed by atoms with Crippen LogP contribution in [0.4, 0.5) is 0 Å². The summed E-state index contributed by atoms with van der Waals surface area (Å²) in [6.45, 7) is 9.57. The number of allylic oxidation sites excluding steroid dienone is 4. The lowest BCUT2D eigenvalue weighted by Crippen LogP contribution is -1.82. The number of aryl methyl sites for hydroxylation is 1. The van der Waals surface area contributed by atoms with E-state index in [0.29, 0.717) is 0 Å². The molecule has 0 aliphatic rings. The van der Waals surface area contributed by atoms with Gasteiger partial charge in [-0.3, -0.25) is 0 Å². The zero-order chi connectivity index (χ0) is 9.68. The molecule has 0 aromatic carbocycles. The molecule has 1 aromatic rings. The molecule has 0 fully saturated rings. The van der Waals surface area contributed by atoms with Crippen LogP contribution in [0.1, 0.15) is 9.75 Å². The van der Waals surface area contributed by atoms with Crippen molar-refractivity contribution < 1.29 is 0 Å². The van der Waals surface area contributed by atoms with Crippen LogP contribution in [0.5, 0.6) is 0 Å². The van der Waals surface area contributed by atoms with Crippen molar-refractivity contribution in [2.75, 3.05) is 0 Å². The average Bonchev–Trinajstić information content (AvgIpc) is 2.50. The normalized spacial score (nSPS) is 11.3. The minimum atomic E-state index is 0.966. The Labute approximate surface area is 83.9 Å². The fourth-order valence-corrected chi connectivity index (χ4v) is 2.06. The van der Waals surface area contributed by atoms with Crippen molar-refractivity contribution in [2.24, 2.45) is 0 Å². The van der Waals surface area contributed by atoms with E-state index in [9.17, 15) is 0 Å². The quantitative estimate of drug-likeness (QED) is 0.632. The zero-order valence-corrected chi connectivity index (χ0v) is 8.73. The molecular weight excluding hydrogens is 176 g/mol. The molecule has 0 atom stereocenters. The van der Waals surface area contributed by atoms with E-state index in [1.165, 1.54) is 15.3 Å². The fourth-order valence-electron chi connectivity index (χ4n) is 1.13. The third kappa shape index (κ3) is 3.03. The summed E-state index contributed by atoms with van der Waals surface area (Å²) in [5, 5.41) is 0. The van der Waals surface area contributed by atoms with E-state index in [4.69, 9.17) is 0 Å². The largest absolute Gasteiger partial charge is 0.145 e. The number of hydrogen-bond donors (Lipinski definition) is 0. The molecule has 0 aliphatic carbocycles. The van der Waals surface area contributed by atoms with Crippen molar-refractivity contribution in [2.45, 2.75) is 13.3 Å². The molecule has 0 spiro atoms.